The van der Waals surface area contributed by atoms with Crippen molar-refractivity contribution in [1.29, 1.82) is 0 Å². The smallest absolute Gasteiger partial charge is 0.176 e. The molecule has 1 heterocycles. The SMILES string of the molecule is CC1CN(CC(=O)c2ccc3c(c2)CCC3)CCC1=O. The van der Waals surface area contributed by atoms with E-state index in [1.54, 1.807) is 0 Å². The quantitative estimate of drug-likeness (QED) is 0.791. The van der Waals surface area contributed by atoms with Gasteiger partial charge in [-0.1, -0.05) is 19.1 Å². The summed E-state index contributed by atoms with van der Waals surface area (Å²) in [6, 6.07) is 6.14. The van der Waals surface area contributed by atoms with Crippen LogP contribution < -0.4 is 0 Å². The number of benzene rings is 1. The summed E-state index contributed by atoms with van der Waals surface area (Å²) >= 11 is 0. The van der Waals surface area contributed by atoms with Crippen LogP contribution in [-0.4, -0.2) is 36.1 Å². The third kappa shape index (κ3) is 2.68. The van der Waals surface area contributed by atoms with Crippen molar-refractivity contribution in [2.45, 2.75) is 32.6 Å². The first-order chi connectivity index (χ1) is 9.63. The van der Waals surface area contributed by atoms with Gasteiger partial charge in [0, 0.05) is 31.0 Å². The number of piperidine rings is 1. The lowest BCUT2D eigenvalue weighted by molar-refractivity contribution is -0.125. The van der Waals surface area contributed by atoms with Gasteiger partial charge in [-0.15, -0.1) is 0 Å². The summed E-state index contributed by atoms with van der Waals surface area (Å²) in [7, 11) is 0. The van der Waals surface area contributed by atoms with E-state index < -0.39 is 0 Å². The summed E-state index contributed by atoms with van der Waals surface area (Å²) in [5.41, 5.74) is 3.58. The fourth-order valence-electron chi connectivity index (χ4n) is 3.28. The molecule has 3 heteroatoms. The summed E-state index contributed by atoms with van der Waals surface area (Å²) in [6.45, 7) is 3.83. The predicted octanol–water partition coefficient (Wildman–Crippen LogP) is 2.27. The topological polar surface area (TPSA) is 37.4 Å². The van der Waals surface area contributed by atoms with E-state index in [2.05, 4.69) is 17.0 Å². The van der Waals surface area contributed by atoms with Crippen LogP contribution in [0.3, 0.4) is 0 Å². The van der Waals surface area contributed by atoms with Crippen molar-refractivity contribution in [3.63, 3.8) is 0 Å². The highest BCUT2D eigenvalue weighted by Gasteiger charge is 2.25. The third-order valence-electron chi connectivity index (χ3n) is 4.54. The number of hydrogen-bond donors (Lipinski definition) is 0. The van der Waals surface area contributed by atoms with Crippen molar-refractivity contribution in [1.82, 2.24) is 4.90 Å². The average Bonchev–Trinajstić information content (AvgIpc) is 2.90. The molecule has 0 radical (unpaired) electrons. The van der Waals surface area contributed by atoms with E-state index in [1.807, 2.05) is 13.0 Å². The Morgan fingerprint density at radius 2 is 2.05 bits per heavy atom. The van der Waals surface area contributed by atoms with Crippen LogP contribution in [0.2, 0.25) is 0 Å². The summed E-state index contributed by atoms with van der Waals surface area (Å²) in [4.78, 5) is 26.0. The Bertz CT molecular complexity index is 550. The van der Waals surface area contributed by atoms with Crippen LogP contribution in [0.25, 0.3) is 0 Å². The second-order valence-electron chi connectivity index (χ2n) is 6.11. The Kier molecular flexibility index (Phi) is 3.70. The van der Waals surface area contributed by atoms with Gasteiger partial charge in [-0.2, -0.15) is 0 Å². The van der Waals surface area contributed by atoms with E-state index in [4.69, 9.17) is 0 Å². The molecule has 0 spiro atoms. The van der Waals surface area contributed by atoms with Crippen molar-refractivity contribution < 1.29 is 9.59 Å². The zero-order chi connectivity index (χ0) is 14.1. The van der Waals surface area contributed by atoms with E-state index in [9.17, 15) is 9.59 Å². The van der Waals surface area contributed by atoms with Gasteiger partial charge >= 0.3 is 0 Å². The summed E-state index contributed by atoms with van der Waals surface area (Å²) < 4.78 is 0. The number of Topliss-reactive ketones (excluding diaryl/α,β-unsaturated/α-hetero) is 2. The van der Waals surface area contributed by atoms with Gasteiger partial charge in [0.15, 0.2) is 5.78 Å². The Labute approximate surface area is 120 Å². The highest BCUT2D eigenvalue weighted by Crippen LogP contribution is 2.23. The number of likely N-dealkylation sites (tertiary alicyclic amines) is 1. The Hall–Kier alpha value is -1.48. The van der Waals surface area contributed by atoms with Crippen LogP contribution in [-0.2, 0) is 17.6 Å². The van der Waals surface area contributed by atoms with Crippen LogP contribution in [0, 0.1) is 5.92 Å². The summed E-state index contributed by atoms with van der Waals surface area (Å²) in [5.74, 6) is 0.573. The highest BCUT2D eigenvalue weighted by molar-refractivity contribution is 5.98. The average molecular weight is 271 g/mol. The van der Waals surface area contributed by atoms with Crippen LogP contribution in [0.5, 0.6) is 0 Å². The maximum atomic E-state index is 12.4. The van der Waals surface area contributed by atoms with E-state index in [1.165, 1.54) is 17.5 Å². The molecule has 1 saturated heterocycles. The van der Waals surface area contributed by atoms with Crippen LogP contribution in [0.15, 0.2) is 18.2 Å². The van der Waals surface area contributed by atoms with Gasteiger partial charge in [0.05, 0.1) is 6.54 Å². The van der Waals surface area contributed by atoms with Crippen molar-refractivity contribution in [2.75, 3.05) is 19.6 Å². The zero-order valence-corrected chi connectivity index (χ0v) is 12.0. The van der Waals surface area contributed by atoms with E-state index in [-0.39, 0.29) is 11.7 Å². The lowest BCUT2D eigenvalue weighted by Gasteiger charge is -2.29. The molecule has 3 nitrogen and oxygen atoms in total. The maximum absolute atomic E-state index is 12.4. The number of fused-ring (bicyclic) bond motifs is 1. The minimum Gasteiger partial charge on any atom is -0.299 e. The molecule has 0 bridgehead atoms. The molecule has 0 saturated carbocycles. The van der Waals surface area contributed by atoms with Gasteiger partial charge in [0.2, 0.25) is 0 Å². The molecule has 3 rings (SSSR count). The first-order valence-corrected chi connectivity index (χ1v) is 7.53. The Morgan fingerprint density at radius 3 is 2.85 bits per heavy atom. The number of nitrogens with zero attached hydrogens (tertiary/aromatic N) is 1. The first kappa shape index (κ1) is 13.5. The van der Waals surface area contributed by atoms with Crippen molar-refractivity contribution in [2.24, 2.45) is 5.92 Å². The Balaban J connectivity index is 1.66. The molecule has 1 aromatic carbocycles. The number of carbonyl (C=O) groups excluding carboxylic acids is 2. The fourth-order valence-corrected chi connectivity index (χ4v) is 3.28. The van der Waals surface area contributed by atoms with Crippen molar-refractivity contribution >= 4 is 11.6 Å². The number of carbonyl (C=O) groups is 2. The molecule has 20 heavy (non-hydrogen) atoms. The molecule has 0 aromatic heterocycles. The lowest BCUT2D eigenvalue weighted by atomic mass is 9.97. The number of aryl methyl sites for hydroxylation is 2. The molecular weight excluding hydrogens is 250 g/mol. The molecule has 1 aromatic rings. The number of hydrogen-bond acceptors (Lipinski definition) is 3. The summed E-state index contributed by atoms with van der Waals surface area (Å²) in [6.07, 6.45) is 4.04. The molecule has 0 N–H and O–H groups in total. The molecule has 106 valence electrons. The number of ketones is 2. The van der Waals surface area contributed by atoms with Gasteiger partial charge in [-0.25, -0.2) is 0 Å². The normalized spacial score (nSPS) is 22.9. The second-order valence-corrected chi connectivity index (χ2v) is 6.11. The molecule has 1 fully saturated rings. The zero-order valence-electron chi connectivity index (χ0n) is 12.0. The third-order valence-corrected chi connectivity index (χ3v) is 4.54. The molecule has 1 unspecified atom stereocenters. The molecule has 1 atom stereocenters. The standard InChI is InChI=1S/C17H21NO2/c1-12-10-18(8-7-16(12)19)11-17(20)15-6-5-13-3-2-4-14(13)9-15/h5-6,9,12H,2-4,7-8,10-11H2,1H3. The number of rotatable bonds is 3. The van der Waals surface area contributed by atoms with Crippen LogP contribution in [0.4, 0.5) is 0 Å². The maximum Gasteiger partial charge on any atom is 0.176 e. The van der Waals surface area contributed by atoms with Gasteiger partial charge in [-0.05, 0) is 36.5 Å². The van der Waals surface area contributed by atoms with Crippen LogP contribution >= 0.6 is 0 Å². The monoisotopic (exact) mass is 271 g/mol. The van der Waals surface area contributed by atoms with Gasteiger partial charge in [-0.3, -0.25) is 14.5 Å². The predicted molar refractivity (Wildman–Crippen MR) is 78.0 cm³/mol. The summed E-state index contributed by atoms with van der Waals surface area (Å²) in [5, 5.41) is 0. The molecule has 1 aliphatic heterocycles. The second kappa shape index (κ2) is 5.49. The molecule has 1 aliphatic carbocycles. The highest BCUT2D eigenvalue weighted by atomic mass is 16.1. The van der Waals surface area contributed by atoms with E-state index in [0.29, 0.717) is 18.7 Å². The fraction of sp³-hybridized carbons (Fsp3) is 0.529. The van der Waals surface area contributed by atoms with Crippen molar-refractivity contribution in [3.05, 3.63) is 34.9 Å². The van der Waals surface area contributed by atoms with Gasteiger partial charge in [0.1, 0.15) is 5.78 Å². The Morgan fingerprint density at radius 1 is 1.25 bits per heavy atom. The minimum absolute atomic E-state index is 0.0663. The molecule has 0 amide bonds. The lowest BCUT2D eigenvalue weighted by Crippen LogP contribution is -2.42. The minimum atomic E-state index is 0.0663. The van der Waals surface area contributed by atoms with E-state index >= 15 is 0 Å². The van der Waals surface area contributed by atoms with Gasteiger partial charge < -0.3 is 0 Å². The largest absolute Gasteiger partial charge is 0.299 e. The van der Waals surface area contributed by atoms with Gasteiger partial charge in [0.25, 0.3) is 0 Å². The molecule has 2 aliphatic rings. The van der Waals surface area contributed by atoms with E-state index in [0.717, 1.165) is 31.5 Å². The first-order valence-electron chi connectivity index (χ1n) is 7.53. The molecular formula is C17H21NO2. The van der Waals surface area contributed by atoms with Crippen LogP contribution in [0.1, 0.15) is 41.3 Å². The van der Waals surface area contributed by atoms with Crippen molar-refractivity contribution in [3.8, 4) is 0 Å².